The van der Waals surface area contributed by atoms with Crippen LogP contribution in [0.5, 0.6) is 5.75 Å². The van der Waals surface area contributed by atoms with Gasteiger partial charge in [-0.3, -0.25) is 4.79 Å². The van der Waals surface area contributed by atoms with Crippen LogP contribution in [0.1, 0.15) is 30.9 Å². The maximum absolute atomic E-state index is 13.5. The number of nitrogens with zero attached hydrogens (tertiary/aromatic N) is 2. The summed E-state index contributed by atoms with van der Waals surface area (Å²) in [6.45, 7) is 6.52. The fraction of sp³-hybridized carbons (Fsp3) is 0.440. The van der Waals surface area contributed by atoms with Crippen LogP contribution in [0, 0.1) is 0 Å². The standard InChI is InChI=1S/C23H31N3O4S.C2HF3O2/c1-18(2)19-8-10-21(11-9-19)31(28,29)26(16-20-6-4-5-7-22(20)30-3)17-23(27)25-14-12-24-13-15-25;3-2(4,5)1(6)7/h4-11,18,24H,12-17H2,1-3H3;(H,6,7). The first-order valence-corrected chi connectivity index (χ1v) is 13.2. The number of sulfonamides is 1. The molecule has 2 aromatic carbocycles. The normalized spacial score (nSPS) is 14.2. The van der Waals surface area contributed by atoms with Crippen molar-refractivity contribution in [3.8, 4) is 5.75 Å². The van der Waals surface area contributed by atoms with Crippen molar-refractivity contribution in [3.63, 3.8) is 0 Å². The number of carbonyl (C=O) groups is 2. The number of nitrogens with one attached hydrogen (secondary N) is 1. The van der Waals surface area contributed by atoms with E-state index in [9.17, 15) is 26.4 Å². The molecular weight excluding hydrogens is 527 g/mol. The smallest absolute Gasteiger partial charge is 0.490 e. The van der Waals surface area contributed by atoms with Gasteiger partial charge in [0, 0.05) is 38.3 Å². The van der Waals surface area contributed by atoms with Crippen molar-refractivity contribution < 1.29 is 41.0 Å². The predicted octanol–water partition coefficient (Wildman–Crippen LogP) is 3.07. The maximum atomic E-state index is 13.5. The van der Waals surface area contributed by atoms with Crippen LogP contribution < -0.4 is 10.1 Å². The SMILES string of the molecule is COc1ccccc1CN(CC(=O)N1CCNCC1)S(=O)(=O)c1ccc(C(C)C)cc1.O=C(O)C(F)(F)F. The Bertz CT molecular complexity index is 1180. The Morgan fingerprint density at radius 2 is 1.63 bits per heavy atom. The summed E-state index contributed by atoms with van der Waals surface area (Å²) in [5.74, 6) is -2.06. The van der Waals surface area contributed by atoms with E-state index in [-0.39, 0.29) is 23.9 Å². The molecule has 2 aromatic rings. The van der Waals surface area contributed by atoms with Crippen LogP contribution in [-0.4, -0.2) is 80.6 Å². The Morgan fingerprint density at radius 1 is 1.08 bits per heavy atom. The van der Waals surface area contributed by atoms with Crippen LogP contribution in [0.2, 0.25) is 0 Å². The van der Waals surface area contributed by atoms with E-state index < -0.39 is 22.2 Å². The zero-order valence-electron chi connectivity index (χ0n) is 21.4. The number of para-hydroxylation sites is 1. The molecule has 0 aromatic heterocycles. The first-order valence-electron chi connectivity index (χ1n) is 11.8. The number of hydrogen-bond acceptors (Lipinski definition) is 6. The van der Waals surface area contributed by atoms with Gasteiger partial charge in [-0.1, -0.05) is 44.2 Å². The van der Waals surface area contributed by atoms with Crippen molar-refractivity contribution in [2.45, 2.75) is 37.4 Å². The number of amides is 1. The lowest BCUT2D eigenvalue weighted by molar-refractivity contribution is -0.192. The summed E-state index contributed by atoms with van der Waals surface area (Å²) in [7, 11) is -2.34. The van der Waals surface area contributed by atoms with Gasteiger partial charge >= 0.3 is 12.1 Å². The molecule has 1 amide bonds. The number of ether oxygens (including phenoxy) is 1. The molecule has 0 atom stereocenters. The Labute approximate surface area is 220 Å². The molecule has 1 aliphatic rings. The quantitative estimate of drug-likeness (QED) is 0.511. The van der Waals surface area contributed by atoms with Crippen LogP contribution in [0.25, 0.3) is 0 Å². The predicted molar refractivity (Wildman–Crippen MR) is 134 cm³/mol. The third kappa shape index (κ3) is 8.71. The molecule has 38 heavy (non-hydrogen) atoms. The van der Waals surface area contributed by atoms with Gasteiger partial charge in [0.25, 0.3) is 0 Å². The van der Waals surface area contributed by atoms with E-state index >= 15 is 0 Å². The summed E-state index contributed by atoms with van der Waals surface area (Å²) >= 11 is 0. The first-order chi connectivity index (χ1) is 17.8. The van der Waals surface area contributed by atoms with Crippen molar-refractivity contribution in [3.05, 3.63) is 59.7 Å². The number of hydrogen-bond donors (Lipinski definition) is 2. The second-order valence-electron chi connectivity index (χ2n) is 8.74. The van der Waals surface area contributed by atoms with Crippen molar-refractivity contribution >= 4 is 21.9 Å². The lowest BCUT2D eigenvalue weighted by Crippen LogP contribution is -2.50. The largest absolute Gasteiger partial charge is 0.496 e. The summed E-state index contributed by atoms with van der Waals surface area (Å²) in [5.41, 5.74) is 1.77. The third-order valence-corrected chi connectivity index (χ3v) is 7.55. The van der Waals surface area contributed by atoms with E-state index in [1.165, 1.54) is 4.31 Å². The van der Waals surface area contributed by atoms with Gasteiger partial charge in [0.1, 0.15) is 5.75 Å². The Kier molecular flexibility index (Phi) is 11.1. The number of carboxylic acid groups (broad SMARTS) is 1. The van der Waals surface area contributed by atoms with Crippen LogP contribution in [0.15, 0.2) is 53.4 Å². The minimum absolute atomic E-state index is 0.0517. The number of carboxylic acids is 1. The molecule has 0 unspecified atom stereocenters. The number of alkyl halides is 3. The Hall–Kier alpha value is -3.16. The lowest BCUT2D eigenvalue weighted by Gasteiger charge is -2.30. The minimum Gasteiger partial charge on any atom is -0.496 e. The second-order valence-corrected chi connectivity index (χ2v) is 10.7. The van der Waals surface area contributed by atoms with Gasteiger partial charge in [-0.05, 0) is 29.7 Å². The second kappa shape index (κ2) is 13.6. The summed E-state index contributed by atoms with van der Waals surface area (Å²) in [6.07, 6.45) is -5.08. The lowest BCUT2D eigenvalue weighted by atomic mass is 10.0. The molecule has 1 fully saturated rings. The molecule has 210 valence electrons. The summed E-state index contributed by atoms with van der Waals surface area (Å²) in [6, 6.07) is 14.2. The van der Waals surface area contributed by atoms with Gasteiger partial charge < -0.3 is 20.1 Å². The Morgan fingerprint density at radius 3 is 2.13 bits per heavy atom. The summed E-state index contributed by atoms with van der Waals surface area (Å²) in [4.78, 5) is 23.7. The van der Waals surface area contributed by atoms with E-state index in [1.807, 2.05) is 30.3 Å². The highest BCUT2D eigenvalue weighted by Gasteiger charge is 2.38. The zero-order chi connectivity index (χ0) is 28.5. The van der Waals surface area contributed by atoms with Crippen molar-refractivity contribution in [1.29, 1.82) is 0 Å². The molecule has 2 N–H and O–H groups in total. The molecule has 1 saturated heterocycles. The fourth-order valence-electron chi connectivity index (χ4n) is 3.59. The average molecular weight is 560 g/mol. The molecule has 1 aliphatic heterocycles. The van der Waals surface area contributed by atoms with Gasteiger partial charge in [-0.25, -0.2) is 13.2 Å². The summed E-state index contributed by atoms with van der Waals surface area (Å²) in [5, 5.41) is 10.3. The van der Waals surface area contributed by atoms with Crippen molar-refractivity contribution in [1.82, 2.24) is 14.5 Å². The van der Waals surface area contributed by atoms with Gasteiger partial charge in [-0.2, -0.15) is 17.5 Å². The van der Waals surface area contributed by atoms with Crippen LogP contribution in [0.3, 0.4) is 0 Å². The number of methoxy groups -OCH3 is 1. The molecular formula is C25H32F3N3O6S. The Balaban J connectivity index is 0.000000638. The molecule has 0 aliphatic carbocycles. The van der Waals surface area contributed by atoms with Gasteiger partial charge in [0.2, 0.25) is 15.9 Å². The van der Waals surface area contributed by atoms with Crippen LogP contribution in [0.4, 0.5) is 13.2 Å². The van der Waals surface area contributed by atoms with E-state index in [0.717, 1.165) is 5.56 Å². The minimum atomic E-state index is -5.08. The molecule has 0 spiro atoms. The molecule has 0 saturated carbocycles. The topological polar surface area (TPSA) is 116 Å². The zero-order valence-corrected chi connectivity index (χ0v) is 22.2. The third-order valence-electron chi connectivity index (χ3n) is 5.75. The van der Waals surface area contributed by atoms with Crippen molar-refractivity contribution in [2.75, 3.05) is 39.8 Å². The van der Waals surface area contributed by atoms with E-state index in [2.05, 4.69) is 19.2 Å². The molecule has 1 heterocycles. The number of halogens is 3. The van der Waals surface area contributed by atoms with E-state index in [4.69, 9.17) is 14.6 Å². The highest BCUT2D eigenvalue weighted by molar-refractivity contribution is 7.89. The highest BCUT2D eigenvalue weighted by Crippen LogP contribution is 2.25. The fourth-order valence-corrected chi connectivity index (χ4v) is 4.96. The molecule has 0 radical (unpaired) electrons. The number of piperazine rings is 1. The van der Waals surface area contributed by atoms with Gasteiger partial charge in [0.15, 0.2) is 0 Å². The van der Waals surface area contributed by atoms with E-state index in [1.54, 1.807) is 30.2 Å². The first kappa shape index (κ1) is 31.1. The number of rotatable bonds is 8. The van der Waals surface area contributed by atoms with Crippen LogP contribution >= 0.6 is 0 Å². The van der Waals surface area contributed by atoms with Crippen molar-refractivity contribution in [2.24, 2.45) is 0 Å². The monoisotopic (exact) mass is 559 g/mol. The number of aliphatic carboxylic acids is 1. The van der Waals surface area contributed by atoms with Gasteiger partial charge in [0.05, 0.1) is 18.6 Å². The molecule has 13 heteroatoms. The summed E-state index contributed by atoms with van der Waals surface area (Å²) < 4.78 is 65.5. The van der Waals surface area contributed by atoms with Gasteiger partial charge in [-0.15, -0.1) is 0 Å². The molecule has 3 rings (SSSR count). The highest BCUT2D eigenvalue weighted by atomic mass is 32.2. The molecule has 9 nitrogen and oxygen atoms in total. The van der Waals surface area contributed by atoms with Crippen LogP contribution in [-0.2, 0) is 26.2 Å². The maximum Gasteiger partial charge on any atom is 0.490 e. The number of carbonyl (C=O) groups excluding carboxylic acids is 1. The average Bonchev–Trinajstić information content (AvgIpc) is 2.88. The van der Waals surface area contributed by atoms with E-state index in [0.29, 0.717) is 43.4 Å². The molecule has 0 bridgehead atoms. The number of benzene rings is 2.